The normalized spacial score (nSPS) is 11.7. The molecule has 0 aliphatic rings. The van der Waals surface area contributed by atoms with Gasteiger partial charge in [0.1, 0.15) is 0 Å². The van der Waals surface area contributed by atoms with Crippen LogP contribution < -0.4 is 0 Å². The SMILES string of the molecule is CCOC(=O)C(Cc1ccc(Cl)cc1)C(=O)OC. The maximum absolute atomic E-state index is 11.7. The van der Waals surface area contributed by atoms with Gasteiger partial charge in [0.2, 0.25) is 0 Å². The van der Waals surface area contributed by atoms with Gasteiger partial charge in [-0.25, -0.2) is 0 Å². The van der Waals surface area contributed by atoms with Crippen LogP contribution in [0, 0.1) is 5.92 Å². The van der Waals surface area contributed by atoms with Crippen LogP contribution >= 0.6 is 11.6 Å². The number of rotatable bonds is 5. The van der Waals surface area contributed by atoms with Crippen LogP contribution in [0.25, 0.3) is 0 Å². The Kier molecular flexibility index (Phi) is 5.65. The average molecular weight is 271 g/mol. The molecule has 1 atom stereocenters. The summed E-state index contributed by atoms with van der Waals surface area (Å²) in [5.74, 6) is -2.10. The van der Waals surface area contributed by atoms with Crippen molar-refractivity contribution in [1.29, 1.82) is 0 Å². The summed E-state index contributed by atoms with van der Waals surface area (Å²) < 4.78 is 9.47. The molecule has 0 bridgehead atoms. The molecule has 0 spiro atoms. The van der Waals surface area contributed by atoms with Crippen LogP contribution in [-0.4, -0.2) is 25.7 Å². The third-order valence-electron chi connectivity index (χ3n) is 2.41. The molecule has 1 unspecified atom stereocenters. The van der Waals surface area contributed by atoms with E-state index in [1.807, 2.05) is 0 Å². The lowest BCUT2D eigenvalue weighted by Crippen LogP contribution is -2.29. The Bertz CT molecular complexity index is 414. The minimum absolute atomic E-state index is 0.229. The van der Waals surface area contributed by atoms with Crippen molar-refractivity contribution in [3.8, 4) is 0 Å². The van der Waals surface area contributed by atoms with E-state index in [2.05, 4.69) is 4.74 Å². The van der Waals surface area contributed by atoms with Crippen LogP contribution in [0.2, 0.25) is 5.02 Å². The van der Waals surface area contributed by atoms with Gasteiger partial charge in [0.05, 0.1) is 13.7 Å². The topological polar surface area (TPSA) is 52.6 Å². The molecule has 5 heteroatoms. The van der Waals surface area contributed by atoms with Gasteiger partial charge in [-0.15, -0.1) is 0 Å². The highest BCUT2D eigenvalue weighted by atomic mass is 35.5. The maximum atomic E-state index is 11.7. The van der Waals surface area contributed by atoms with E-state index in [1.54, 1.807) is 31.2 Å². The summed E-state index contributed by atoms with van der Waals surface area (Å²) in [4.78, 5) is 23.2. The average Bonchev–Trinajstić information content (AvgIpc) is 2.37. The van der Waals surface area contributed by atoms with E-state index in [0.29, 0.717) is 5.02 Å². The lowest BCUT2D eigenvalue weighted by molar-refractivity contribution is -0.160. The summed E-state index contributed by atoms with van der Waals surface area (Å²) in [5.41, 5.74) is 0.822. The van der Waals surface area contributed by atoms with Gasteiger partial charge in [0, 0.05) is 5.02 Å². The van der Waals surface area contributed by atoms with Crippen molar-refractivity contribution < 1.29 is 19.1 Å². The van der Waals surface area contributed by atoms with E-state index in [-0.39, 0.29) is 13.0 Å². The smallest absolute Gasteiger partial charge is 0.320 e. The van der Waals surface area contributed by atoms with Crippen molar-refractivity contribution in [3.63, 3.8) is 0 Å². The van der Waals surface area contributed by atoms with Gasteiger partial charge < -0.3 is 9.47 Å². The van der Waals surface area contributed by atoms with E-state index in [4.69, 9.17) is 16.3 Å². The molecule has 0 amide bonds. The summed E-state index contributed by atoms with van der Waals surface area (Å²) in [6, 6.07) is 6.93. The number of carbonyl (C=O) groups excluding carboxylic acids is 2. The zero-order valence-electron chi connectivity index (χ0n) is 10.3. The Hall–Kier alpha value is -1.55. The van der Waals surface area contributed by atoms with Crippen LogP contribution in [-0.2, 0) is 25.5 Å². The Morgan fingerprint density at radius 3 is 2.33 bits per heavy atom. The lowest BCUT2D eigenvalue weighted by Gasteiger charge is -2.13. The Morgan fingerprint density at radius 2 is 1.83 bits per heavy atom. The van der Waals surface area contributed by atoms with Gasteiger partial charge in [-0.1, -0.05) is 23.7 Å². The molecule has 0 fully saturated rings. The van der Waals surface area contributed by atoms with E-state index < -0.39 is 17.9 Å². The third-order valence-corrected chi connectivity index (χ3v) is 2.66. The number of hydrogen-bond donors (Lipinski definition) is 0. The number of ether oxygens (including phenoxy) is 2. The van der Waals surface area contributed by atoms with Crippen molar-refractivity contribution in [2.45, 2.75) is 13.3 Å². The fourth-order valence-electron chi connectivity index (χ4n) is 1.50. The molecule has 0 aromatic heterocycles. The van der Waals surface area contributed by atoms with Crippen LogP contribution in [0.15, 0.2) is 24.3 Å². The Balaban J connectivity index is 2.81. The lowest BCUT2D eigenvalue weighted by atomic mass is 9.99. The van der Waals surface area contributed by atoms with Crippen molar-refractivity contribution in [2.75, 3.05) is 13.7 Å². The Labute approximate surface area is 111 Å². The second-order valence-electron chi connectivity index (χ2n) is 3.66. The maximum Gasteiger partial charge on any atom is 0.320 e. The molecule has 18 heavy (non-hydrogen) atoms. The molecule has 4 nitrogen and oxygen atoms in total. The molecule has 0 aliphatic heterocycles. The first kappa shape index (κ1) is 14.5. The van der Waals surface area contributed by atoms with Crippen molar-refractivity contribution in [3.05, 3.63) is 34.9 Å². The summed E-state index contributed by atoms with van der Waals surface area (Å²) in [6.45, 7) is 1.92. The molecular weight excluding hydrogens is 256 g/mol. The molecule has 0 radical (unpaired) electrons. The molecule has 0 saturated heterocycles. The standard InChI is InChI=1S/C13H15ClO4/c1-3-18-13(16)11(12(15)17-2)8-9-4-6-10(14)7-5-9/h4-7,11H,3,8H2,1-2H3. The van der Waals surface area contributed by atoms with Crippen molar-refractivity contribution in [1.82, 2.24) is 0 Å². The quantitative estimate of drug-likeness (QED) is 0.608. The van der Waals surface area contributed by atoms with Gasteiger partial charge in [0.25, 0.3) is 0 Å². The van der Waals surface area contributed by atoms with Crippen molar-refractivity contribution >= 4 is 23.5 Å². The van der Waals surface area contributed by atoms with E-state index in [0.717, 1.165) is 5.56 Å². The second-order valence-corrected chi connectivity index (χ2v) is 4.09. The predicted molar refractivity (Wildman–Crippen MR) is 67.3 cm³/mol. The summed E-state index contributed by atoms with van der Waals surface area (Å²) >= 11 is 5.77. The molecule has 1 aromatic rings. The second kappa shape index (κ2) is 7.01. The first-order valence-electron chi connectivity index (χ1n) is 5.57. The Morgan fingerprint density at radius 1 is 1.22 bits per heavy atom. The van der Waals surface area contributed by atoms with Gasteiger partial charge in [-0.2, -0.15) is 0 Å². The van der Waals surface area contributed by atoms with Crippen molar-refractivity contribution in [2.24, 2.45) is 5.92 Å². The zero-order valence-corrected chi connectivity index (χ0v) is 11.1. The number of hydrogen-bond acceptors (Lipinski definition) is 4. The highest BCUT2D eigenvalue weighted by molar-refractivity contribution is 6.30. The van der Waals surface area contributed by atoms with Gasteiger partial charge in [0.15, 0.2) is 5.92 Å². The van der Waals surface area contributed by atoms with Gasteiger partial charge in [-0.3, -0.25) is 9.59 Å². The van der Waals surface area contributed by atoms with Crippen LogP contribution in [0.4, 0.5) is 0 Å². The summed E-state index contributed by atoms with van der Waals surface area (Å²) in [6.07, 6.45) is 0.239. The van der Waals surface area contributed by atoms with Gasteiger partial charge >= 0.3 is 11.9 Å². The number of esters is 2. The van der Waals surface area contributed by atoms with Gasteiger partial charge in [-0.05, 0) is 31.0 Å². The monoisotopic (exact) mass is 270 g/mol. The number of benzene rings is 1. The molecule has 0 aliphatic carbocycles. The van der Waals surface area contributed by atoms with E-state index in [9.17, 15) is 9.59 Å². The number of halogens is 1. The van der Waals surface area contributed by atoms with Crippen LogP contribution in [0.1, 0.15) is 12.5 Å². The minimum atomic E-state index is -0.934. The summed E-state index contributed by atoms with van der Waals surface area (Å²) in [7, 11) is 1.25. The molecular formula is C13H15ClO4. The molecule has 1 rings (SSSR count). The molecule has 0 N–H and O–H groups in total. The van der Waals surface area contributed by atoms with Crippen LogP contribution in [0.3, 0.4) is 0 Å². The fourth-order valence-corrected chi connectivity index (χ4v) is 1.63. The number of carbonyl (C=O) groups is 2. The third kappa shape index (κ3) is 4.04. The van der Waals surface area contributed by atoms with E-state index >= 15 is 0 Å². The van der Waals surface area contributed by atoms with E-state index in [1.165, 1.54) is 7.11 Å². The fraction of sp³-hybridized carbons (Fsp3) is 0.385. The zero-order chi connectivity index (χ0) is 13.5. The largest absolute Gasteiger partial charge is 0.468 e. The highest BCUT2D eigenvalue weighted by Crippen LogP contribution is 2.15. The molecule has 1 aromatic carbocycles. The minimum Gasteiger partial charge on any atom is -0.468 e. The summed E-state index contributed by atoms with van der Waals surface area (Å²) in [5, 5.41) is 0.601. The molecule has 0 saturated carbocycles. The first-order valence-corrected chi connectivity index (χ1v) is 5.95. The predicted octanol–water partition coefficient (Wildman–Crippen LogP) is 2.23. The number of methoxy groups -OCH3 is 1. The molecule has 0 heterocycles. The highest BCUT2D eigenvalue weighted by Gasteiger charge is 2.29. The van der Waals surface area contributed by atoms with Crippen LogP contribution in [0.5, 0.6) is 0 Å². The molecule has 98 valence electrons. The first-order chi connectivity index (χ1) is 8.58.